The topological polar surface area (TPSA) is 50.4 Å². The van der Waals surface area contributed by atoms with E-state index in [1.54, 1.807) is 0 Å². The van der Waals surface area contributed by atoms with Crippen molar-refractivity contribution >= 4 is 50.2 Å². The first-order chi connectivity index (χ1) is 9.15. The first-order valence-electron chi connectivity index (χ1n) is 5.71. The van der Waals surface area contributed by atoms with Crippen molar-refractivity contribution in [1.82, 2.24) is 0 Å². The van der Waals surface area contributed by atoms with Gasteiger partial charge in [-0.15, -0.1) is 0 Å². The molecule has 19 heavy (non-hydrogen) atoms. The van der Waals surface area contributed by atoms with Crippen LogP contribution in [0.5, 0.6) is 0 Å². The number of rotatable bonds is 3. The first kappa shape index (κ1) is 14.3. The third-order valence-electron chi connectivity index (χ3n) is 2.47. The Hall–Kier alpha value is -1.08. The summed E-state index contributed by atoms with van der Waals surface area (Å²) in [5.41, 5.74) is 7.94. The molecule has 5 heteroatoms. The van der Waals surface area contributed by atoms with Gasteiger partial charge in [-0.25, -0.2) is 4.99 Å². The van der Waals surface area contributed by atoms with Gasteiger partial charge in [-0.05, 0) is 62.3 Å². The number of aliphatic imine (C=N–C) groups is 1. The SMILES string of the molecule is NC(=NCc1ccccc1)Nc1ccc(Br)c(I)c1. The second-order valence-electron chi connectivity index (χ2n) is 3.94. The van der Waals surface area contributed by atoms with Gasteiger partial charge in [-0.2, -0.15) is 0 Å². The molecule has 0 spiro atoms. The van der Waals surface area contributed by atoms with Crippen molar-refractivity contribution in [1.29, 1.82) is 0 Å². The van der Waals surface area contributed by atoms with Crippen LogP contribution in [0.2, 0.25) is 0 Å². The van der Waals surface area contributed by atoms with E-state index in [9.17, 15) is 0 Å². The molecule has 0 aliphatic carbocycles. The van der Waals surface area contributed by atoms with Crippen LogP contribution in [0, 0.1) is 3.57 Å². The number of nitrogens with zero attached hydrogens (tertiary/aromatic N) is 1. The van der Waals surface area contributed by atoms with E-state index in [4.69, 9.17) is 5.73 Å². The number of benzene rings is 2. The minimum Gasteiger partial charge on any atom is -0.370 e. The Labute approximate surface area is 134 Å². The fourth-order valence-electron chi connectivity index (χ4n) is 1.52. The minimum atomic E-state index is 0.418. The van der Waals surface area contributed by atoms with Crippen LogP contribution in [-0.2, 0) is 6.54 Å². The minimum absolute atomic E-state index is 0.418. The van der Waals surface area contributed by atoms with Crippen LogP contribution in [-0.4, -0.2) is 5.96 Å². The van der Waals surface area contributed by atoms with Crippen molar-refractivity contribution in [2.45, 2.75) is 6.54 Å². The molecule has 2 rings (SSSR count). The zero-order valence-corrected chi connectivity index (χ0v) is 13.8. The lowest BCUT2D eigenvalue weighted by molar-refractivity contribution is 1.06. The largest absolute Gasteiger partial charge is 0.370 e. The number of anilines is 1. The molecule has 3 nitrogen and oxygen atoms in total. The molecule has 0 fully saturated rings. The van der Waals surface area contributed by atoms with Gasteiger partial charge < -0.3 is 11.1 Å². The molecule has 0 radical (unpaired) electrons. The molecule has 0 heterocycles. The Bertz CT molecular complexity index is 584. The van der Waals surface area contributed by atoms with Gasteiger partial charge in [-0.1, -0.05) is 30.3 Å². The smallest absolute Gasteiger partial charge is 0.193 e. The van der Waals surface area contributed by atoms with Crippen molar-refractivity contribution in [3.05, 3.63) is 62.1 Å². The van der Waals surface area contributed by atoms with Crippen LogP contribution < -0.4 is 11.1 Å². The lowest BCUT2D eigenvalue weighted by atomic mass is 10.2. The fourth-order valence-corrected chi connectivity index (χ4v) is 2.28. The number of nitrogens with one attached hydrogen (secondary N) is 1. The maximum absolute atomic E-state index is 5.87. The van der Waals surface area contributed by atoms with Gasteiger partial charge in [0, 0.05) is 13.7 Å². The van der Waals surface area contributed by atoms with Crippen LogP contribution in [0.15, 0.2) is 58.0 Å². The van der Waals surface area contributed by atoms with Gasteiger partial charge in [0.05, 0.1) is 6.54 Å². The molecule has 0 atom stereocenters. The quantitative estimate of drug-likeness (QED) is 0.440. The number of hydrogen-bond acceptors (Lipinski definition) is 1. The van der Waals surface area contributed by atoms with E-state index in [0.717, 1.165) is 19.3 Å². The highest BCUT2D eigenvalue weighted by Crippen LogP contribution is 2.22. The second kappa shape index (κ2) is 6.91. The van der Waals surface area contributed by atoms with Crippen molar-refractivity contribution in [3.8, 4) is 0 Å². The molecule has 2 aromatic rings. The molecule has 0 saturated heterocycles. The molecular weight excluding hydrogens is 417 g/mol. The zero-order chi connectivity index (χ0) is 13.7. The summed E-state index contributed by atoms with van der Waals surface area (Å²) < 4.78 is 2.19. The molecule has 3 N–H and O–H groups in total. The Morgan fingerprint density at radius 1 is 1.21 bits per heavy atom. The average molecular weight is 430 g/mol. The summed E-state index contributed by atoms with van der Waals surface area (Å²) in [7, 11) is 0. The van der Waals surface area contributed by atoms with E-state index in [2.05, 4.69) is 48.8 Å². The maximum Gasteiger partial charge on any atom is 0.193 e. The van der Waals surface area contributed by atoms with Crippen molar-refractivity contribution < 1.29 is 0 Å². The van der Waals surface area contributed by atoms with Gasteiger partial charge in [0.1, 0.15) is 0 Å². The maximum atomic E-state index is 5.87. The zero-order valence-electron chi connectivity index (χ0n) is 10.1. The van der Waals surface area contributed by atoms with E-state index in [0.29, 0.717) is 12.5 Å². The number of hydrogen-bond donors (Lipinski definition) is 2. The lowest BCUT2D eigenvalue weighted by Gasteiger charge is -2.07. The van der Waals surface area contributed by atoms with Gasteiger partial charge >= 0.3 is 0 Å². The standard InChI is InChI=1S/C14H13BrIN3/c15-12-7-6-11(8-13(12)16)19-14(17)18-9-10-4-2-1-3-5-10/h1-8H,9H2,(H3,17,18,19). The Balaban J connectivity index is 2.00. The average Bonchev–Trinajstić information content (AvgIpc) is 2.42. The highest BCUT2D eigenvalue weighted by molar-refractivity contribution is 14.1. The molecule has 0 aliphatic rings. The van der Waals surface area contributed by atoms with Crippen LogP contribution in [0.25, 0.3) is 0 Å². The molecule has 0 aliphatic heterocycles. The van der Waals surface area contributed by atoms with Gasteiger partial charge in [0.2, 0.25) is 0 Å². The number of guanidine groups is 1. The highest BCUT2D eigenvalue weighted by atomic mass is 127. The monoisotopic (exact) mass is 429 g/mol. The van der Waals surface area contributed by atoms with Crippen molar-refractivity contribution in [3.63, 3.8) is 0 Å². The van der Waals surface area contributed by atoms with Crippen molar-refractivity contribution in [2.24, 2.45) is 10.7 Å². The van der Waals surface area contributed by atoms with Gasteiger partial charge in [-0.3, -0.25) is 0 Å². The summed E-state index contributed by atoms with van der Waals surface area (Å²) >= 11 is 5.72. The first-order valence-corrected chi connectivity index (χ1v) is 7.58. The van der Waals surface area contributed by atoms with E-state index < -0.39 is 0 Å². The molecule has 0 saturated carbocycles. The molecule has 0 amide bonds. The van der Waals surface area contributed by atoms with Gasteiger partial charge in [0.15, 0.2) is 5.96 Å². The summed E-state index contributed by atoms with van der Waals surface area (Å²) in [6.07, 6.45) is 0. The summed E-state index contributed by atoms with van der Waals surface area (Å²) in [6.45, 7) is 0.577. The van der Waals surface area contributed by atoms with E-state index in [1.165, 1.54) is 0 Å². The Morgan fingerprint density at radius 3 is 2.63 bits per heavy atom. The summed E-state index contributed by atoms with van der Waals surface area (Å²) in [5, 5.41) is 3.08. The van der Waals surface area contributed by atoms with E-state index >= 15 is 0 Å². The summed E-state index contributed by atoms with van der Waals surface area (Å²) in [6, 6.07) is 16.0. The molecular formula is C14H13BrIN3. The molecule has 0 unspecified atom stereocenters. The molecule has 0 bridgehead atoms. The van der Waals surface area contributed by atoms with Gasteiger partial charge in [0.25, 0.3) is 0 Å². The normalized spacial score (nSPS) is 11.4. The predicted octanol–water partition coefficient (Wildman–Crippen LogP) is 3.98. The molecule has 0 aromatic heterocycles. The third kappa shape index (κ3) is 4.50. The van der Waals surface area contributed by atoms with Crippen LogP contribution in [0.3, 0.4) is 0 Å². The van der Waals surface area contributed by atoms with Crippen molar-refractivity contribution in [2.75, 3.05) is 5.32 Å². The number of nitrogens with two attached hydrogens (primary N) is 1. The summed E-state index contributed by atoms with van der Waals surface area (Å²) in [4.78, 5) is 4.31. The van der Waals surface area contributed by atoms with E-state index in [1.807, 2.05) is 48.5 Å². The number of halogens is 2. The lowest BCUT2D eigenvalue weighted by Crippen LogP contribution is -2.22. The predicted molar refractivity (Wildman–Crippen MR) is 92.3 cm³/mol. The van der Waals surface area contributed by atoms with E-state index in [-0.39, 0.29) is 0 Å². The Kier molecular flexibility index (Phi) is 5.21. The van der Waals surface area contributed by atoms with Crippen LogP contribution in [0.1, 0.15) is 5.56 Å². The van der Waals surface area contributed by atoms with Crippen LogP contribution in [0.4, 0.5) is 5.69 Å². The fraction of sp³-hybridized carbons (Fsp3) is 0.0714. The third-order valence-corrected chi connectivity index (χ3v) is 4.79. The molecule has 2 aromatic carbocycles. The van der Waals surface area contributed by atoms with Crippen LogP contribution >= 0.6 is 38.5 Å². The highest BCUT2D eigenvalue weighted by Gasteiger charge is 1.99. The molecule has 98 valence electrons. The summed E-state index contributed by atoms with van der Waals surface area (Å²) in [5.74, 6) is 0.418. The second-order valence-corrected chi connectivity index (χ2v) is 5.96. The Morgan fingerprint density at radius 2 is 1.95 bits per heavy atom.